The van der Waals surface area contributed by atoms with Crippen LogP contribution in [0.1, 0.15) is 5.56 Å². The Labute approximate surface area is 102 Å². The topological polar surface area (TPSA) is 0 Å². The number of halogens is 5. The maximum atomic E-state index is 5.89. The van der Waals surface area contributed by atoms with Crippen LogP contribution in [-0.2, 0) is 0 Å². The van der Waals surface area contributed by atoms with Gasteiger partial charge in [0.1, 0.15) is 0 Å². The zero-order chi connectivity index (χ0) is 10.2. The molecule has 0 aliphatic rings. The molecule has 0 fully saturated rings. The third-order valence-electron chi connectivity index (χ3n) is 1.61. The molecule has 0 heterocycles. The molecule has 1 aromatic rings. The van der Waals surface area contributed by atoms with Gasteiger partial charge in [-0.3, -0.25) is 0 Å². The first-order valence-corrected chi connectivity index (χ1v) is 9.14. The summed E-state index contributed by atoms with van der Waals surface area (Å²) in [4.78, 5) is 0. The van der Waals surface area contributed by atoms with Gasteiger partial charge in [-0.15, -0.1) is 33.2 Å². The third kappa shape index (κ3) is 2.92. The summed E-state index contributed by atoms with van der Waals surface area (Å²) in [6, 6.07) is 0.438. The monoisotopic (exact) mass is 292 g/mol. The summed E-state index contributed by atoms with van der Waals surface area (Å²) in [5.74, 6) is 0. The molecule has 1 rings (SSSR count). The number of benzene rings is 1. The fraction of sp³-hybridized carbons (Fsp3) is 0.143. The van der Waals surface area contributed by atoms with E-state index in [2.05, 4.69) is 0 Å². The standard InChI is InChI=1S/C7H5Cl5Si/c1-4-6(8)2-5(3-7(4)9)13(10,11)12/h2-3H,1H3. The van der Waals surface area contributed by atoms with E-state index in [1.54, 1.807) is 12.1 Å². The predicted octanol–water partition coefficient (Wildman–Crippen LogP) is 4.16. The molecule has 0 radical (unpaired) electrons. The van der Waals surface area contributed by atoms with Crippen molar-refractivity contribution in [2.75, 3.05) is 0 Å². The summed E-state index contributed by atoms with van der Waals surface area (Å²) in [5.41, 5.74) is 0.801. The second kappa shape index (κ2) is 4.17. The predicted molar refractivity (Wildman–Crippen MR) is 64.1 cm³/mol. The summed E-state index contributed by atoms with van der Waals surface area (Å²) >= 11 is 29.2. The van der Waals surface area contributed by atoms with Gasteiger partial charge in [-0.1, -0.05) is 23.2 Å². The smallest absolute Gasteiger partial charge is 0.121 e. The highest BCUT2D eigenvalue weighted by molar-refractivity contribution is 7.69. The highest BCUT2D eigenvalue weighted by Gasteiger charge is 2.29. The lowest BCUT2D eigenvalue weighted by atomic mass is 10.2. The molecule has 1 aromatic carbocycles. The van der Waals surface area contributed by atoms with Gasteiger partial charge in [-0.05, 0) is 29.8 Å². The minimum absolute atomic E-state index is 0.529. The Kier molecular flexibility index (Phi) is 3.84. The first kappa shape index (κ1) is 12.0. The van der Waals surface area contributed by atoms with Gasteiger partial charge >= 0.3 is 6.00 Å². The molecule has 0 aliphatic carbocycles. The van der Waals surface area contributed by atoms with E-state index in [0.29, 0.717) is 15.2 Å². The van der Waals surface area contributed by atoms with Gasteiger partial charge in [0.05, 0.1) is 0 Å². The second-order valence-electron chi connectivity index (χ2n) is 2.56. The van der Waals surface area contributed by atoms with Crippen LogP contribution >= 0.6 is 56.4 Å². The van der Waals surface area contributed by atoms with Gasteiger partial charge in [-0.2, -0.15) is 0 Å². The molecule has 0 amide bonds. The normalized spacial score (nSPS) is 11.8. The van der Waals surface area contributed by atoms with Crippen LogP contribution in [0.2, 0.25) is 10.0 Å². The number of rotatable bonds is 1. The molecule has 6 heteroatoms. The van der Waals surface area contributed by atoms with Crippen LogP contribution in [0.5, 0.6) is 0 Å². The fourth-order valence-corrected chi connectivity index (χ4v) is 3.08. The Hall–Kier alpha value is 0.887. The molecule has 0 spiro atoms. The molecule has 0 bridgehead atoms. The maximum Gasteiger partial charge on any atom is 0.373 e. The molecular weight excluding hydrogens is 289 g/mol. The number of hydrogen-bond donors (Lipinski definition) is 0. The summed E-state index contributed by atoms with van der Waals surface area (Å²) < 4.78 is 0. The van der Waals surface area contributed by atoms with Crippen molar-refractivity contribution in [2.45, 2.75) is 6.92 Å². The summed E-state index contributed by atoms with van der Waals surface area (Å²) in [6.07, 6.45) is 0. The molecule has 0 N–H and O–H groups in total. The van der Waals surface area contributed by atoms with E-state index in [-0.39, 0.29) is 0 Å². The molecule has 0 saturated heterocycles. The highest BCUT2D eigenvalue weighted by atomic mass is 35.8. The van der Waals surface area contributed by atoms with Gasteiger partial charge in [0.15, 0.2) is 0 Å². The lowest BCUT2D eigenvalue weighted by molar-refractivity contribution is 1.49. The van der Waals surface area contributed by atoms with Crippen molar-refractivity contribution in [2.24, 2.45) is 0 Å². The molecule has 0 aromatic heterocycles. The van der Waals surface area contributed by atoms with Gasteiger partial charge in [0, 0.05) is 10.0 Å². The molecule has 0 unspecified atom stereocenters. The molecule has 0 aliphatic heterocycles. The molecular formula is C7H5Cl5Si. The molecule has 0 atom stereocenters. The van der Waals surface area contributed by atoms with Crippen LogP contribution in [0, 0.1) is 6.92 Å². The first-order valence-electron chi connectivity index (χ1n) is 3.35. The van der Waals surface area contributed by atoms with Gasteiger partial charge < -0.3 is 0 Å². The minimum Gasteiger partial charge on any atom is -0.121 e. The van der Waals surface area contributed by atoms with Gasteiger partial charge in [0.25, 0.3) is 0 Å². The van der Waals surface area contributed by atoms with E-state index in [1.807, 2.05) is 6.92 Å². The average molecular weight is 294 g/mol. The van der Waals surface area contributed by atoms with Crippen LogP contribution in [0.3, 0.4) is 0 Å². The Morgan fingerprint density at radius 2 is 1.38 bits per heavy atom. The Balaban J connectivity index is 3.29. The average Bonchev–Trinajstić information content (AvgIpc) is 1.97. The van der Waals surface area contributed by atoms with Gasteiger partial charge in [-0.25, -0.2) is 0 Å². The van der Waals surface area contributed by atoms with Crippen molar-refractivity contribution < 1.29 is 0 Å². The lowest BCUT2D eigenvalue weighted by Crippen LogP contribution is -2.30. The van der Waals surface area contributed by atoms with Crippen molar-refractivity contribution in [3.05, 3.63) is 27.7 Å². The quantitative estimate of drug-likeness (QED) is 0.539. The first-order chi connectivity index (χ1) is 5.82. The fourth-order valence-electron chi connectivity index (χ4n) is 0.809. The Bertz CT molecular complexity index is 307. The van der Waals surface area contributed by atoms with Crippen molar-refractivity contribution in [3.8, 4) is 0 Å². The van der Waals surface area contributed by atoms with E-state index in [4.69, 9.17) is 56.4 Å². The molecule has 0 nitrogen and oxygen atoms in total. The zero-order valence-corrected chi connectivity index (χ0v) is 11.3. The minimum atomic E-state index is -2.87. The summed E-state index contributed by atoms with van der Waals surface area (Å²) in [6.45, 7) is 1.81. The molecule has 72 valence electrons. The van der Waals surface area contributed by atoms with Crippen LogP contribution < -0.4 is 5.19 Å². The highest BCUT2D eigenvalue weighted by Crippen LogP contribution is 2.27. The van der Waals surface area contributed by atoms with Gasteiger partial charge in [0.2, 0.25) is 0 Å². The molecule has 13 heavy (non-hydrogen) atoms. The van der Waals surface area contributed by atoms with Crippen LogP contribution in [0.15, 0.2) is 12.1 Å². The van der Waals surface area contributed by atoms with Crippen molar-refractivity contribution in [3.63, 3.8) is 0 Å². The van der Waals surface area contributed by atoms with Crippen molar-refractivity contribution >= 4 is 67.6 Å². The third-order valence-corrected chi connectivity index (χ3v) is 5.30. The zero-order valence-electron chi connectivity index (χ0n) is 6.54. The Morgan fingerprint density at radius 1 is 1.00 bits per heavy atom. The summed E-state index contributed by atoms with van der Waals surface area (Å²) in [5, 5.41) is 1.67. The van der Waals surface area contributed by atoms with Crippen LogP contribution in [0.25, 0.3) is 0 Å². The van der Waals surface area contributed by atoms with Crippen LogP contribution in [-0.4, -0.2) is 6.00 Å². The van der Waals surface area contributed by atoms with E-state index in [1.165, 1.54) is 0 Å². The summed E-state index contributed by atoms with van der Waals surface area (Å²) in [7, 11) is 0. The largest absolute Gasteiger partial charge is 0.373 e. The number of hydrogen-bond acceptors (Lipinski definition) is 0. The second-order valence-corrected chi connectivity index (χ2v) is 11.8. The Morgan fingerprint density at radius 3 is 1.69 bits per heavy atom. The lowest BCUT2D eigenvalue weighted by Gasteiger charge is -2.10. The van der Waals surface area contributed by atoms with E-state index in [0.717, 1.165) is 5.56 Å². The van der Waals surface area contributed by atoms with E-state index < -0.39 is 6.00 Å². The molecule has 0 saturated carbocycles. The maximum absolute atomic E-state index is 5.89. The SMILES string of the molecule is Cc1c(Cl)cc([Si](Cl)(Cl)Cl)cc1Cl. The van der Waals surface area contributed by atoms with E-state index in [9.17, 15) is 0 Å². The van der Waals surface area contributed by atoms with Crippen molar-refractivity contribution in [1.82, 2.24) is 0 Å². The van der Waals surface area contributed by atoms with E-state index >= 15 is 0 Å². The van der Waals surface area contributed by atoms with Crippen molar-refractivity contribution in [1.29, 1.82) is 0 Å². The van der Waals surface area contributed by atoms with Crippen LogP contribution in [0.4, 0.5) is 0 Å².